The fourth-order valence-corrected chi connectivity index (χ4v) is 3.94. The Labute approximate surface area is 223 Å². The largest absolute Gasteiger partial charge is 0.457 e. The van der Waals surface area contributed by atoms with Crippen molar-refractivity contribution < 1.29 is 27.9 Å². The minimum Gasteiger partial charge on any atom is -0.457 e. The van der Waals surface area contributed by atoms with Gasteiger partial charge in [-0.1, -0.05) is 12.1 Å². The number of imide groups is 1. The highest BCUT2D eigenvalue weighted by Crippen LogP contribution is 2.26. The summed E-state index contributed by atoms with van der Waals surface area (Å²) >= 11 is 0. The molecule has 0 bridgehead atoms. The van der Waals surface area contributed by atoms with Crippen LogP contribution in [-0.4, -0.2) is 54.0 Å². The van der Waals surface area contributed by atoms with Gasteiger partial charge >= 0.3 is 12.1 Å². The Balaban J connectivity index is 1.28. The fourth-order valence-electron chi connectivity index (χ4n) is 3.94. The van der Waals surface area contributed by atoms with Crippen LogP contribution < -0.4 is 26.0 Å². The van der Waals surface area contributed by atoms with Gasteiger partial charge in [0, 0.05) is 24.4 Å². The molecule has 204 valence electrons. The fraction of sp³-hybridized carbons (Fsp3) is 0.259. The van der Waals surface area contributed by atoms with Crippen LogP contribution in [0, 0.1) is 11.6 Å². The predicted octanol–water partition coefficient (Wildman–Crippen LogP) is 4.26. The van der Waals surface area contributed by atoms with Crippen molar-refractivity contribution in [3.8, 4) is 11.5 Å². The van der Waals surface area contributed by atoms with Crippen LogP contribution in [0.1, 0.15) is 18.4 Å². The van der Waals surface area contributed by atoms with Gasteiger partial charge < -0.3 is 20.3 Å². The monoisotopic (exact) mass is 538 g/mol. The molecule has 4 rings (SSSR count). The maximum absolute atomic E-state index is 14.6. The lowest BCUT2D eigenvalue weighted by molar-refractivity contribution is -0.119. The summed E-state index contributed by atoms with van der Waals surface area (Å²) in [7, 11) is 2.04. The predicted molar refractivity (Wildman–Crippen MR) is 141 cm³/mol. The number of hydrogen-bond donors (Lipinski definition) is 4. The molecule has 0 saturated carbocycles. The molecular weight excluding hydrogens is 510 g/mol. The molecular formula is C27H28F2N6O4. The molecule has 0 atom stereocenters. The van der Waals surface area contributed by atoms with Gasteiger partial charge in [-0.05, 0) is 68.9 Å². The minimum atomic E-state index is -0.918. The first-order chi connectivity index (χ1) is 18.7. The summed E-state index contributed by atoms with van der Waals surface area (Å²) in [5.41, 5.74) is 0.346. The first-order valence-corrected chi connectivity index (χ1v) is 12.3. The first kappa shape index (κ1) is 27.5. The highest BCUT2D eigenvalue weighted by molar-refractivity contribution is 6.01. The van der Waals surface area contributed by atoms with E-state index in [9.17, 15) is 23.2 Å². The number of anilines is 2. The van der Waals surface area contributed by atoms with Crippen molar-refractivity contribution in [3.05, 3.63) is 78.0 Å². The van der Waals surface area contributed by atoms with E-state index >= 15 is 0 Å². The molecule has 1 aromatic heterocycles. The average molecular weight is 539 g/mol. The molecule has 0 aliphatic carbocycles. The lowest BCUT2D eigenvalue weighted by Gasteiger charge is -2.29. The van der Waals surface area contributed by atoms with Gasteiger partial charge in [0.25, 0.3) is 0 Å². The smallest absolute Gasteiger partial charge is 0.325 e. The summed E-state index contributed by atoms with van der Waals surface area (Å²) in [6.07, 6.45) is 3.03. The molecule has 3 aromatic rings. The van der Waals surface area contributed by atoms with Crippen molar-refractivity contribution in [2.75, 3.05) is 30.8 Å². The molecule has 39 heavy (non-hydrogen) atoms. The standard InChI is InChI=1S/C27H28F2N6O4/c1-35-12-9-19(10-13-35)31-26(37)33-24-16-21(8-11-30-24)39-20-6-7-23(22(29)15-20)32-27(38)34-25(36)14-17-2-4-18(28)5-3-17/h2-8,11,15-16,19H,9-10,12-14H2,1H3,(H2,30,31,33,37)(H2,32,34,36,38). The Bertz CT molecular complexity index is 1330. The number of rotatable bonds is 7. The number of carbonyl (C=O) groups excluding carboxylic acids is 3. The molecule has 1 saturated heterocycles. The summed E-state index contributed by atoms with van der Waals surface area (Å²) in [4.78, 5) is 42.8. The zero-order chi connectivity index (χ0) is 27.8. The number of nitrogens with zero attached hydrogens (tertiary/aromatic N) is 2. The van der Waals surface area contributed by atoms with Crippen LogP contribution in [0.4, 0.5) is 29.9 Å². The van der Waals surface area contributed by atoms with Crippen LogP contribution in [0.2, 0.25) is 0 Å². The van der Waals surface area contributed by atoms with Gasteiger partial charge in [0.05, 0.1) is 12.1 Å². The SMILES string of the molecule is CN1CCC(NC(=O)Nc2cc(Oc3ccc(NC(=O)NC(=O)Cc4ccc(F)cc4)c(F)c3)ccn2)CC1. The van der Waals surface area contributed by atoms with E-state index in [2.05, 4.69) is 31.2 Å². The van der Waals surface area contributed by atoms with Crippen molar-refractivity contribution in [3.63, 3.8) is 0 Å². The lowest BCUT2D eigenvalue weighted by atomic mass is 10.1. The quantitative estimate of drug-likeness (QED) is 0.356. The number of halogens is 2. The number of carbonyl (C=O) groups is 3. The molecule has 1 fully saturated rings. The van der Waals surface area contributed by atoms with E-state index in [1.165, 1.54) is 48.7 Å². The van der Waals surface area contributed by atoms with Crippen molar-refractivity contribution >= 4 is 29.5 Å². The molecule has 4 N–H and O–H groups in total. The molecule has 1 aliphatic heterocycles. The van der Waals surface area contributed by atoms with Gasteiger partial charge in [0.2, 0.25) is 5.91 Å². The van der Waals surface area contributed by atoms with Crippen molar-refractivity contribution in [1.82, 2.24) is 20.5 Å². The van der Waals surface area contributed by atoms with Crippen molar-refractivity contribution in [2.24, 2.45) is 0 Å². The second-order valence-electron chi connectivity index (χ2n) is 9.10. The number of pyridine rings is 1. The summed E-state index contributed by atoms with van der Waals surface area (Å²) in [6, 6.07) is 10.9. The van der Waals surface area contributed by atoms with E-state index in [1.54, 1.807) is 6.07 Å². The number of piperidine rings is 1. The number of aromatic nitrogens is 1. The molecule has 0 unspecified atom stereocenters. The summed E-state index contributed by atoms with van der Waals surface area (Å²) in [5, 5.41) is 9.96. The van der Waals surface area contributed by atoms with Crippen LogP contribution in [0.3, 0.4) is 0 Å². The minimum absolute atomic E-state index is 0.0886. The summed E-state index contributed by atoms with van der Waals surface area (Å²) in [5.74, 6) is -1.16. The van der Waals surface area contributed by atoms with E-state index in [0.29, 0.717) is 11.3 Å². The summed E-state index contributed by atoms with van der Waals surface area (Å²) in [6.45, 7) is 1.83. The molecule has 2 heterocycles. The molecule has 2 aromatic carbocycles. The number of urea groups is 2. The zero-order valence-corrected chi connectivity index (χ0v) is 21.2. The Hall–Kier alpha value is -4.58. The van der Waals surface area contributed by atoms with E-state index in [4.69, 9.17) is 4.74 Å². The van der Waals surface area contributed by atoms with E-state index in [0.717, 1.165) is 32.0 Å². The number of hydrogen-bond acceptors (Lipinski definition) is 6. The molecule has 1 aliphatic rings. The number of amides is 5. The molecule has 5 amide bonds. The third-order valence-electron chi connectivity index (χ3n) is 5.98. The second kappa shape index (κ2) is 12.8. The Kier molecular flexibility index (Phi) is 9.00. The van der Waals surface area contributed by atoms with Gasteiger partial charge in [-0.2, -0.15) is 0 Å². The van der Waals surface area contributed by atoms with Gasteiger partial charge in [-0.15, -0.1) is 0 Å². The van der Waals surface area contributed by atoms with Gasteiger partial charge in [0.15, 0.2) is 0 Å². The van der Waals surface area contributed by atoms with Gasteiger partial charge in [-0.3, -0.25) is 15.4 Å². The van der Waals surface area contributed by atoms with Crippen molar-refractivity contribution in [1.29, 1.82) is 0 Å². The van der Waals surface area contributed by atoms with Crippen LogP contribution >= 0.6 is 0 Å². The number of ether oxygens (including phenoxy) is 1. The topological polar surface area (TPSA) is 125 Å². The maximum Gasteiger partial charge on any atom is 0.325 e. The number of nitrogens with one attached hydrogen (secondary N) is 4. The molecule has 10 nitrogen and oxygen atoms in total. The normalized spacial score (nSPS) is 13.8. The maximum atomic E-state index is 14.6. The van der Waals surface area contributed by atoms with Crippen LogP contribution in [0.15, 0.2) is 60.8 Å². The first-order valence-electron chi connectivity index (χ1n) is 12.3. The Morgan fingerprint density at radius 1 is 0.949 bits per heavy atom. The van der Waals surface area contributed by atoms with Crippen molar-refractivity contribution in [2.45, 2.75) is 25.3 Å². The highest BCUT2D eigenvalue weighted by Gasteiger charge is 2.19. The average Bonchev–Trinajstić information content (AvgIpc) is 2.88. The highest BCUT2D eigenvalue weighted by atomic mass is 19.1. The third kappa shape index (κ3) is 8.47. The second-order valence-corrected chi connectivity index (χ2v) is 9.10. The van der Waals surface area contributed by atoms with Crippen LogP contribution in [0.5, 0.6) is 11.5 Å². The third-order valence-corrected chi connectivity index (χ3v) is 5.98. The van der Waals surface area contributed by atoms with E-state index < -0.39 is 23.6 Å². The number of likely N-dealkylation sites (tertiary alicyclic amines) is 1. The van der Waals surface area contributed by atoms with E-state index in [-0.39, 0.29) is 35.7 Å². The van der Waals surface area contributed by atoms with E-state index in [1.807, 2.05) is 7.05 Å². The zero-order valence-electron chi connectivity index (χ0n) is 21.2. The van der Waals surface area contributed by atoms with Gasteiger partial charge in [0.1, 0.15) is 29.0 Å². The lowest BCUT2D eigenvalue weighted by Crippen LogP contribution is -2.44. The Morgan fingerprint density at radius 2 is 1.67 bits per heavy atom. The summed E-state index contributed by atoms with van der Waals surface area (Å²) < 4.78 is 33.3. The number of benzene rings is 2. The Morgan fingerprint density at radius 3 is 2.38 bits per heavy atom. The molecule has 0 spiro atoms. The van der Waals surface area contributed by atoms with Crippen LogP contribution in [0.25, 0.3) is 0 Å². The van der Waals surface area contributed by atoms with Gasteiger partial charge in [-0.25, -0.2) is 23.4 Å². The molecule has 0 radical (unpaired) electrons. The molecule has 12 heteroatoms. The van der Waals surface area contributed by atoms with Crippen LogP contribution in [-0.2, 0) is 11.2 Å².